The number of hydrogen-bond donors (Lipinski definition) is 3. The van der Waals surface area contributed by atoms with Crippen molar-refractivity contribution >= 4 is 5.97 Å². The van der Waals surface area contributed by atoms with Crippen LogP contribution in [0.25, 0.3) is 0 Å². The lowest BCUT2D eigenvalue weighted by atomic mass is 9.42. The number of aliphatic hydroxyl groups is 3. The van der Waals surface area contributed by atoms with Gasteiger partial charge in [-0.2, -0.15) is 0 Å². The molecule has 5 rings (SSSR count). The summed E-state index contributed by atoms with van der Waals surface area (Å²) in [5, 5.41) is 33.8. The third-order valence-corrected chi connectivity index (χ3v) is 10.4. The number of aliphatic hydroxyl groups excluding tert-OH is 2. The van der Waals surface area contributed by atoms with Gasteiger partial charge in [-0.3, -0.25) is 4.79 Å². The Morgan fingerprint density at radius 3 is 2.46 bits per heavy atom. The second kappa shape index (κ2) is 6.18. The largest absolute Gasteiger partial charge is 0.465 e. The van der Waals surface area contributed by atoms with Crippen LogP contribution in [-0.4, -0.2) is 45.7 Å². The number of carbonyl (C=O) groups is 1. The lowest BCUT2D eigenvalue weighted by Gasteiger charge is -2.65. The van der Waals surface area contributed by atoms with E-state index in [0.717, 1.165) is 51.4 Å². The summed E-state index contributed by atoms with van der Waals surface area (Å²) < 4.78 is 5.25. The number of fused-ring (bicyclic) bond motifs is 5. The van der Waals surface area contributed by atoms with Gasteiger partial charge in [0, 0.05) is 11.3 Å². The van der Waals surface area contributed by atoms with Gasteiger partial charge in [0.15, 0.2) is 0 Å². The Hall–Kier alpha value is -0.650. The van der Waals surface area contributed by atoms with E-state index in [1.54, 1.807) is 0 Å². The number of cyclic esters (lactones) is 1. The van der Waals surface area contributed by atoms with Crippen LogP contribution in [0.15, 0.2) is 0 Å². The Morgan fingerprint density at radius 1 is 0.964 bits per heavy atom. The van der Waals surface area contributed by atoms with Crippen molar-refractivity contribution in [3.8, 4) is 0 Å². The van der Waals surface area contributed by atoms with Crippen LogP contribution in [-0.2, 0) is 9.53 Å². The molecule has 3 N–H and O–H groups in total. The van der Waals surface area contributed by atoms with Crippen molar-refractivity contribution in [2.75, 3.05) is 6.61 Å². The third-order valence-electron chi connectivity index (χ3n) is 10.4. The SMILES string of the molecule is C[C@]12CC[C@H](O)C[C@H]1CC[C@@H]1[C@@H]2C[C@@H](O)[C@]2(C)[C@@H](C3COC(=O)C3)CC[C@]12O. The molecule has 0 spiro atoms. The number of hydrogen-bond acceptors (Lipinski definition) is 5. The molecule has 5 heteroatoms. The maximum atomic E-state index is 12.2. The first-order valence-electron chi connectivity index (χ1n) is 11.4. The van der Waals surface area contributed by atoms with E-state index in [1.807, 2.05) is 0 Å². The molecule has 1 aliphatic heterocycles. The molecule has 5 fully saturated rings. The van der Waals surface area contributed by atoms with Crippen LogP contribution < -0.4 is 0 Å². The molecule has 4 saturated carbocycles. The number of esters is 1. The maximum Gasteiger partial charge on any atom is 0.306 e. The molecule has 5 nitrogen and oxygen atoms in total. The first-order chi connectivity index (χ1) is 13.2. The summed E-state index contributed by atoms with van der Waals surface area (Å²) in [6.07, 6.45) is 6.78. The van der Waals surface area contributed by atoms with E-state index in [-0.39, 0.29) is 35.2 Å². The fourth-order valence-corrected chi connectivity index (χ4v) is 8.77. The molecule has 158 valence electrons. The summed E-state index contributed by atoms with van der Waals surface area (Å²) in [6.45, 7) is 4.89. The van der Waals surface area contributed by atoms with Gasteiger partial charge in [-0.1, -0.05) is 13.8 Å². The van der Waals surface area contributed by atoms with Crippen LogP contribution in [0.5, 0.6) is 0 Å². The highest BCUT2D eigenvalue weighted by Crippen LogP contribution is 2.70. The van der Waals surface area contributed by atoms with Gasteiger partial charge in [0.2, 0.25) is 0 Å². The molecule has 1 heterocycles. The molecule has 0 amide bonds. The van der Waals surface area contributed by atoms with Gasteiger partial charge in [0.1, 0.15) is 0 Å². The molecule has 4 aliphatic carbocycles. The average molecular weight is 393 g/mol. The van der Waals surface area contributed by atoms with Crippen molar-refractivity contribution < 1.29 is 24.9 Å². The van der Waals surface area contributed by atoms with Crippen LogP contribution in [0.4, 0.5) is 0 Å². The molecule has 0 bridgehead atoms. The zero-order valence-electron chi connectivity index (χ0n) is 17.3. The van der Waals surface area contributed by atoms with Gasteiger partial charge in [0.25, 0.3) is 0 Å². The summed E-state index contributed by atoms with van der Waals surface area (Å²) in [5.41, 5.74) is -1.33. The predicted octanol–water partition coefficient (Wildman–Crippen LogP) is 2.66. The van der Waals surface area contributed by atoms with Crippen molar-refractivity contribution in [2.24, 2.45) is 40.4 Å². The Kier molecular flexibility index (Phi) is 4.26. The number of rotatable bonds is 1. The topological polar surface area (TPSA) is 87.0 Å². The molecule has 1 unspecified atom stereocenters. The first kappa shape index (κ1) is 19.3. The van der Waals surface area contributed by atoms with E-state index >= 15 is 0 Å². The standard InChI is InChI=1S/C23H36O5/c1-21-7-5-15(24)10-14(21)3-4-17-18(21)11-19(25)22(2)16(6-8-23(17,22)27)13-9-20(26)28-12-13/h13-19,24-25,27H,3-12H2,1-2H3/t13?,14-,15+,16-,17-,18+,19-,21+,22+,23+/m1/s1. The monoisotopic (exact) mass is 392 g/mol. The van der Waals surface area contributed by atoms with Crippen LogP contribution in [0.3, 0.4) is 0 Å². The fourth-order valence-electron chi connectivity index (χ4n) is 8.77. The molecule has 0 aromatic rings. The highest BCUT2D eigenvalue weighted by atomic mass is 16.5. The van der Waals surface area contributed by atoms with Gasteiger partial charge < -0.3 is 20.1 Å². The highest BCUT2D eigenvalue weighted by Gasteiger charge is 2.71. The van der Waals surface area contributed by atoms with E-state index in [2.05, 4.69) is 13.8 Å². The van der Waals surface area contributed by atoms with Crippen molar-refractivity contribution in [3.05, 3.63) is 0 Å². The quantitative estimate of drug-likeness (QED) is 0.597. The predicted molar refractivity (Wildman–Crippen MR) is 103 cm³/mol. The molecule has 5 aliphatic rings. The highest BCUT2D eigenvalue weighted by molar-refractivity contribution is 5.71. The van der Waals surface area contributed by atoms with Crippen molar-refractivity contribution in [1.29, 1.82) is 0 Å². The zero-order valence-corrected chi connectivity index (χ0v) is 17.3. The van der Waals surface area contributed by atoms with E-state index in [1.165, 1.54) is 0 Å². The van der Waals surface area contributed by atoms with E-state index in [0.29, 0.717) is 24.9 Å². The Balaban J connectivity index is 1.48. The van der Waals surface area contributed by atoms with E-state index < -0.39 is 17.1 Å². The molecule has 0 aromatic carbocycles. The second-order valence-electron chi connectivity index (χ2n) is 11.2. The summed E-state index contributed by atoms with van der Waals surface area (Å²) in [5.74, 6) is 1.14. The van der Waals surface area contributed by atoms with Crippen molar-refractivity contribution in [2.45, 2.75) is 89.4 Å². The normalized spacial score (nSPS) is 58.6. The molecule has 28 heavy (non-hydrogen) atoms. The molecule has 10 atom stereocenters. The van der Waals surface area contributed by atoms with Crippen molar-refractivity contribution in [3.63, 3.8) is 0 Å². The second-order valence-corrected chi connectivity index (χ2v) is 11.2. The maximum absolute atomic E-state index is 12.2. The summed E-state index contributed by atoms with van der Waals surface area (Å²) in [4.78, 5) is 11.7. The minimum absolute atomic E-state index is 0.102. The van der Waals surface area contributed by atoms with Crippen molar-refractivity contribution in [1.82, 2.24) is 0 Å². The smallest absolute Gasteiger partial charge is 0.306 e. The van der Waals surface area contributed by atoms with Crippen LogP contribution in [0.1, 0.15) is 71.6 Å². The number of carbonyl (C=O) groups excluding carboxylic acids is 1. The van der Waals surface area contributed by atoms with Gasteiger partial charge >= 0.3 is 5.97 Å². The lowest BCUT2D eigenvalue weighted by Crippen LogP contribution is -2.67. The summed E-state index contributed by atoms with van der Waals surface area (Å²) in [7, 11) is 0. The molecular formula is C23H36O5. The first-order valence-corrected chi connectivity index (χ1v) is 11.4. The van der Waals surface area contributed by atoms with Crippen LogP contribution >= 0.6 is 0 Å². The summed E-state index contributed by atoms with van der Waals surface area (Å²) >= 11 is 0. The molecule has 1 saturated heterocycles. The Bertz CT molecular complexity index is 665. The lowest BCUT2D eigenvalue weighted by molar-refractivity contribution is -0.250. The molecular weight excluding hydrogens is 356 g/mol. The van der Waals surface area contributed by atoms with Crippen LogP contribution in [0.2, 0.25) is 0 Å². The Labute approximate surface area is 167 Å². The fraction of sp³-hybridized carbons (Fsp3) is 0.957. The van der Waals surface area contributed by atoms with Gasteiger partial charge in [-0.25, -0.2) is 0 Å². The van der Waals surface area contributed by atoms with Gasteiger partial charge in [-0.15, -0.1) is 0 Å². The van der Waals surface area contributed by atoms with E-state index in [4.69, 9.17) is 4.74 Å². The van der Waals surface area contributed by atoms with Gasteiger partial charge in [-0.05, 0) is 80.5 Å². The minimum atomic E-state index is -0.865. The summed E-state index contributed by atoms with van der Waals surface area (Å²) in [6, 6.07) is 0. The zero-order chi connectivity index (χ0) is 19.9. The minimum Gasteiger partial charge on any atom is -0.465 e. The molecule has 0 radical (unpaired) electrons. The average Bonchev–Trinajstić information content (AvgIpc) is 3.19. The third kappa shape index (κ3) is 2.33. The molecule has 0 aromatic heterocycles. The van der Waals surface area contributed by atoms with E-state index in [9.17, 15) is 20.1 Å². The van der Waals surface area contributed by atoms with Crippen LogP contribution in [0, 0.1) is 40.4 Å². The Morgan fingerprint density at radius 2 is 1.75 bits per heavy atom. The number of ether oxygens (including phenoxy) is 1. The van der Waals surface area contributed by atoms with Gasteiger partial charge in [0.05, 0.1) is 30.8 Å².